The Morgan fingerprint density at radius 2 is 1.92 bits per heavy atom. The van der Waals surface area contributed by atoms with Crippen LogP contribution in [-0.2, 0) is 14.5 Å². The van der Waals surface area contributed by atoms with Gasteiger partial charge in [0.25, 0.3) is 0 Å². The molecule has 12 heavy (non-hydrogen) atoms. The van der Waals surface area contributed by atoms with Crippen LogP contribution >= 0.6 is 0 Å². The lowest BCUT2D eigenvalue weighted by Gasteiger charge is -2.12. The first kappa shape index (κ1) is 11.7. The van der Waals surface area contributed by atoms with Gasteiger partial charge in [0.1, 0.15) is 0 Å². The van der Waals surface area contributed by atoms with E-state index in [9.17, 15) is 21.6 Å². The molecule has 1 atom stereocenters. The van der Waals surface area contributed by atoms with Crippen molar-refractivity contribution in [3.05, 3.63) is 0 Å². The zero-order valence-corrected chi connectivity index (χ0v) is 6.95. The molecule has 0 spiro atoms. The summed E-state index contributed by atoms with van der Waals surface area (Å²) in [6.45, 7) is 0.970. The Kier molecular flexibility index (Phi) is 3.48. The molecule has 0 rings (SSSR count). The topological polar surface area (TPSA) is 69.4 Å². The first-order valence-corrected chi connectivity index (χ1v) is 4.35. The summed E-state index contributed by atoms with van der Waals surface area (Å²) in [4.78, 5) is 0. The molecule has 0 aromatic carbocycles. The van der Waals surface area contributed by atoms with E-state index >= 15 is 0 Å². The average Bonchev–Trinajstić information content (AvgIpc) is 1.49. The third-order valence-corrected chi connectivity index (χ3v) is 1.41. The molecule has 0 saturated heterocycles. The van der Waals surface area contributed by atoms with Crippen LogP contribution in [0.3, 0.4) is 0 Å². The van der Waals surface area contributed by atoms with Crippen LogP contribution in [-0.4, -0.2) is 20.7 Å². The Hall–Kier alpha value is -0.340. The second-order valence-electron chi connectivity index (χ2n) is 2.22. The third kappa shape index (κ3) is 7.76. The number of nitrogens with two attached hydrogens (primary N) is 1. The Morgan fingerprint density at radius 3 is 2.17 bits per heavy atom. The molecule has 8 heteroatoms. The van der Waals surface area contributed by atoms with Gasteiger partial charge in [0.2, 0.25) is 0 Å². The van der Waals surface area contributed by atoms with E-state index in [1.54, 1.807) is 0 Å². The van der Waals surface area contributed by atoms with Crippen molar-refractivity contribution in [3.63, 3.8) is 0 Å². The van der Waals surface area contributed by atoms with E-state index in [1.807, 2.05) is 0 Å². The van der Waals surface area contributed by atoms with Crippen LogP contribution in [0.4, 0.5) is 13.2 Å². The maximum absolute atomic E-state index is 11.6. The molecule has 4 nitrogen and oxygen atoms in total. The maximum atomic E-state index is 11.6. The quantitative estimate of drug-likeness (QED) is 0.734. The van der Waals surface area contributed by atoms with Crippen LogP contribution in [0.5, 0.6) is 0 Å². The lowest BCUT2D eigenvalue weighted by Crippen LogP contribution is -2.26. The Morgan fingerprint density at radius 1 is 1.50 bits per heavy atom. The minimum absolute atomic E-state index is 0.970. The normalized spacial score (nSPS) is 16.1. The molecule has 2 N–H and O–H groups in total. The maximum Gasteiger partial charge on any atom is 0.391 e. The molecule has 0 saturated carbocycles. The molecule has 0 aliphatic carbocycles. The first-order chi connectivity index (χ1) is 5.10. The highest BCUT2D eigenvalue weighted by atomic mass is 32.2. The van der Waals surface area contributed by atoms with Crippen LogP contribution in [0.15, 0.2) is 0 Å². The molecule has 0 fully saturated rings. The van der Waals surface area contributed by atoms with Gasteiger partial charge in [-0.1, -0.05) is 0 Å². The van der Waals surface area contributed by atoms with E-state index in [1.165, 1.54) is 0 Å². The van der Waals surface area contributed by atoms with Gasteiger partial charge in [-0.25, -0.2) is 5.14 Å². The summed E-state index contributed by atoms with van der Waals surface area (Å²) in [5.74, 6) is 0. The molecule has 0 bridgehead atoms. The second-order valence-corrected chi connectivity index (χ2v) is 3.40. The fourth-order valence-corrected chi connectivity index (χ4v) is 1.11. The summed E-state index contributed by atoms with van der Waals surface area (Å²) in [5, 5.41) is 4.34. The summed E-state index contributed by atoms with van der Waals surface area (Å²) >= 11 is 0. The minimum Gasteiger partial charge on any atom is -0.255 e. The Balaban J connectivity index is 4.00. The van der Waals surface area contributed by atoms with Gasteiger partial charge in [0.05, 0.1) is 12.5 Å². The zero-order chi connectivity index (χ0) is 9.99. The fourth-order valence-electron chi connectivity index (χ4n) is 0.589. The van der Waals surface area contributed by atoms with Crippen LogP contribution in [0.2, 0.25) is 0 Å². The van der Waals surface area contributed by atoms with Gasteiger partial charge in [-0.2, -0.15) is 21.6 Å². The van der Waals surface area contributed by atoms with Gasteiger partial charge >= 0.3 is 16.5 Å². The van der Waals surface area contributed by atoms with Crippen LogP contribution < -0.4 is 5.14 Å². The molecule has 0 aromatic rings. The zero-order valence-electron chi connectivity index (χ0n) is 6.13. The van der Waals surface area contributed by atoms with Gasteiger partial charge in [-0.15, -0.1) is 0 Å². The lowest BCUT2D eigenvalue weighted by molar-refractivity contribution is -0.148. The van der Waals surface area contributed by atoms with Crippen molar-refractivity contribution in [2.24, 2.45) is 5.14 Å². The van der Waals surface area contributed by atoms with Crippen molar-refractivity contribution in [1.29, 1.82) is 0 Å². The molecule has 0 amide bonds. The summed E-state index contributed by atoms with van der Waals surface area (Å²) in [6.07, 6.45) is -7.28. The van der Waals surface area contributed by atoms with Crippen LogP contribution in [0.25, 0.3) is 0 Å². The monoisotopic (exact) mass is 207 g/mol. The molecule has 74 valence electrons. The highest BCUT2D eigenvalue weighted by Crippen LogP contribution is 2.22. The predicted octanol–water partition coefficient (Wildman–Crippen LogP) is 0.547. The van der Waals surface area contributed by atoms with Gasteiger partial charge in [-0.3, -0.25) is 4.18 Å². The van der Waals surface area contributed by atoms with E-state index in [4.69, 9.17) is 0 Å². The molecule has 0 aromatic heterocycles. The average molecular weight is 207 g/mol. The lowest BCUT2D eigenvalue weighted by atomic mass is 10.3. The number of alkyl halides is 3. The highest BCUT2D eigenvalue weighted by molar-refractivity contribution is 7.84. The van der Waals surface area contributed by atoms with Crippen LogP contribution in [0, 0.1) is 0 Å². The van der Waals surface area contributed by atoms with E-state index in [2.05, 4.69) is 9.32 Å². The minimum atomic E-state index is -4.45. The second kappa shape index (κ2) is 3.58. The molecule has 1 unspecified atom stereocenters. The van der Waals surface area contributed by atoms with Gasteiger partial charge < -0.3 is 0 Å². The Labute approximate surface area is 67.8 Å². The molecule has 0 heterocycles. The number of hydrogen-bond acceptors (Lipinski definition) is 3. The first-order valence-electron chi connectivity index (χ1n) is 2.88. The van der Waals surface area contributed by atoms with Crippen molar-refractivity contribution in [2.75, 3.05) is 0 Å². The number of rotatable bonds is 3. The number of hydrogen-bond donors (Lipinski definition) is 1. The predicted molar refractivity (Wildman–Crippen MR) is 34.3 cm³/mol. The van der Waals surface area contributed by atoms with Gasteiger partial charge in [0, 0.05) is 0 Å². The SMILES string of the molecule is CC(CC(F)(F)F)OS(N)(=O)=O. The van der Waals surface area contributed by atoms with Crippen molar-refractivity contribution in [3.8, 4) is 0 Å². The van der Waals surface area contributed by atoms with E-state index in [0.717, 1.165) is 6.92 Å². The summed E-state index contributed by atoms with van der Waals surface area (Å²) in [7, 11) is -4.30. The van der Waals surface area contributed by atoms with E-state index < -0.39 is 29.0 Å². The smallest absolute Gasteiger partial charge is 0.255 e. The molecular formula is C4H8F3NO3S. The molecule has 0 aliphatic rings. The summed E-state index contributed by atoms with van der Waals surface area (Å²) in [5.41, 5.74) is 0. The number of halogens is 3. The standard InChI is InChI=1S/C4H8F3NO3S/c1-3(2-4(5,6)7)11-12(8,9)10/h3H,2H2,1H3,(H2,8,9,10). The largest absolute Gasteiger partial charge is 0.391 e. The van der Waals surface area contributed by atoms with Crippen LogP contribution in [0.1, 0.15) is 13.3 Å². The summed E-state index contributed by atoms with van der Waals surface area (Å²) in [6, 6.07) is 0. The van der Waals surface area contributed by atoms with Crippen molar-refractivity contribution in [2.45, 2.75) is 25.6 Å². The van der Waals surface area contributed by atoms with Crippen molar-refractivity contribution >= 4 is 10.3 Å². The molecular weight excluding hydrogens is 199 g/mol. The van der Waals surface area contributed by atoms with Gasteiger partial charge in [-0.05, 0) is 6.92 Å². The molecule has 0 aliphatic heterocycles. The third-order valence-electron chi connectivity index (χ3n) is 0.817. The van der Waals surface area contributed by atoms with Gasteiger partial charge in [0.15, 0.2) is 0 Å². The fraction of sp³-hybridized carbons (Fsp3) is 1.00. The Bertz CT molecular complexity index is 234. The summed E-state index contributed by atoms with van der Waals surface area (Å²) < 4.78 is 58.8. The highest BCUT2D eigenvalue weighted by Gasteiger charge is 2.31. The van der Waals surface area contributed by atoms with Crippen molar-refractivity contribution < 1.29 is 25.8 Å². The van der Waals surface area contributed by atoms with E-state index in [0.29, 0.717) is 0 Å². The molecule has 0 radical (unpaired) electrons. The van der Waals surface area contributed by atoms with Crippen molar-refractivity contribution in [1.82, 2.24) is 0 Å². The van der Waals surface area contributed by atoms with E-state index in [-0.39, 0.29) is 0 Å².